The lowest BCUT2D eigenvalue weighted by molar-refractivity contribution is -0.130. The fraction of sp³-hybridized carbons (Fsp3) is 0.318. The van der Waals surface area contributed by atoms with Crippen molar-refractivity contribution in [2.75, 3.05) is 31.1 Å². The Hall–Kier alpha value is -2.75. The maximum atomic E-state index is 12.8. The van der Waals surface area contributed by atoms with Crippen molar-refractivity contribution in [3.05, 3.63) is 65.4 Å². The molecule has 0 aliphatic carbocycles. The monoisotopic (exact) mass is 348 g/mol. The summed E-state index contributed by atoms with van der Waals surface area (Å²) in [6, 6.07) is 14.6. The zero-order valence-corrected chi connectivity index (χ0v) is 15.4. The molecule has 0 spiro atoms. The number of benzene rings is 2. The molecular formula is C22H24N2O2. The van der Waals surface area contributed by atoms with Gasteiger partial charge >= 0.3 is 0 Å². The molecule has 0 atom stereocenters. The maximum absolute atomic E-state index is 12.8. The highest BCUT2D eigenvalue weighted by molar-refractivity contribution is 5.88. The highest BCUT2D eigenvalue weighted by Crippen LogP contribution is 2.26. The van der Waals surface area contributed by atoms with Crippen molar-refractivity contribution in [2.45, 2.75) is 20.3 Å². The van der Waals surface area contributed by atoms with Crippen LogP contribution >= 0.6 is 0 Å². The minimum absolute atomic E-state index is 0.179. The number of piperazine rings is 1. The van der Waals surface area contributed by atoms with Crippen molar-refractivity contribution >= 4 is 22.6 Å². The van der Waals surface area contributed by atoms with Crippen LogP contribution in [0.15, 0.2) is 53.1 Å². The third-order valence-corrected chi connectivity index (χ3v) is 5.37. The number of carbonyl (C=O) groups excluding carboxylic acids is 1. The Balaban J connectivity index is 1.43. The number of rotatable bonds is 3. The van der Waals surface area contributed by atoms with E-state index in [0.717, 1.165) is 42.7 Å². The number of para-hydroxylation sites is 1. The summed E-state index contributed by atoms with van der Waals surface area (Å²) in [5.41, 5.74) is 5.51. The second kappa shape index (κ2) is 6.87. The quantitative estimate of drug-likeness (QED) is 0.719. The van der Waals surface area contributed by atoms with Gasteiger partial charge in [0.1, 0.15) is 5.58 Å². The molecule has 1 aromatic heterocycles. The first-order valence-corrected chi connectivity index (χ1v) is 9.17. The Morgan fingerprint density at radius 1 is 1.00 bits per heavy atom. The molecule has 0 bridgehead atoms. The molecule has 2 aromatic carbocycles. The van der Waals surface area contributed by atoms with E-state index in [1.54, 1.807) is 6.26 Å². The van der Waals surface area contributed by atoms with E-state index < -0.39 is 0 Å². The molecule has 134 valence electrons. The third kappa shape index (κ3) is 3.19. The van der Waals surface area contributed by atoms with E-state index in [4.69, 9.17) is 4.42 Å². The number of hydrogen-bond donors (Lipinski definition) is 0. The number of aryl methyl sites for hydroxylation is 2. The predicted octanol–water partition coefficient (Wildman–Crippen LogP) is 3.94. The molecule has 1 saturated heterocycles. The number of anilines is 1. The second-order valence-electron chi connectivity index (χ2n) is 7.07. The van der Waals surface area contributed by atoms with Crippen LogP contribution in [0.5, 0.6) is 0 Å². The van der Waals surface area contributed by atoms with Crippen molar-refractivity contribution in [3.63, 3.8) is 0 Å². The van der Waals surface area contributed by atoms with Gasteiger partial charge in [-0.15, -0.1) is 0 Å². The van der Waals surface area contributed by atoms with Crippen LogP contribution < -0.4 is 4.90 Å². The van der Waals surface area contributed by atoms with Crippen LogP contribution in [-0.2, 0) is 11.2 Å². The third-order valence-electron chi connectivity index (χ3n) is 5.37. The largest absolute Gasteiger partial charge is 0.464 e. The van der Waals surface area contributed by atoms with Gasteiger partial charge in [0.15, 0.2) is 0 Å². The summed E-state index contributed by atoms with van der Waals surface area (Å²) in [5.74, 6) is 0.179. The van der Waals surface area contributed by atoms with Crippen molar-refractivity contribution in [1.29, 1.82) is 0 Å². The van der Waals surface area contributed by atoms with E-state index in [0.29, 0.717) is 6.42 Å². The minimum Gasteiger partial charge on any atom is -0.464 e. The van der Waals surface area contributed by atoms with Crippen LogP contribution in [0.3, 0.4) is 0 Å². The molecule has 0 radical (unpaired) electrons. The van der Waals surface area contributed by atoms with Crippen LogP contribution in [0.1, 0.15) is 16.7 Å². The lowest BCUT2D eigenvalue weighted by Crippen LogP contribution is -2.49. The van der Waals surface area contributed by atoms with E-state index >= 15 is 0 Å². The topological polar surface area (TPSA) is 36.7 Å². The van der Waals surface area contributed by atoms with Gasteiger partial charge in [0.25, 0.3) is 0 Å². The minimum atomic E-state index is 0.179. The van der Waals surface area contributed by atoms with Crippen LogP contribution in [0.2, 0.25) is 0 Å². The average molecular weight is 348 g/mol. The van der Waals surface area contributed by atoms with Gasteiger partial charge in [0, 0.05) is 42.8 Å². The maximum Gasteiger partial charge on any atom is 0.227 e. The van der Waals surface area contributed by atoms with Crippen molar-refractivity contribution in [3.8, 4) is 0 Å². The van der Waals surface area contributed by atoms with Crippen molar-refractivity contribution in [1.82, 2.24) is 4.90 Å². The normalized spacial score (nSPS) is 14.8. The Labute approximate surface area is 154 Å². The number of amides is 1. The van der Waals surface area contributed by atoms with Gasteiger partial charge < -0.3 is 14.2 Å². The van der Waals surface area contributed by atoms with Gasteiger partial charge in [-0.3, -0.25) is 4.79 Å². The molecule has 1 fully saturated rings. The fourth-order valence-corrected chi connectivity index (χ4v) is 3.60. The average Bonchev–Trinajstić information content (AvgIpc) is 3.04. The summed E-state index contributed by atoms with van der Waals surface area (Å²) in [5, 5.41) is 1.06. The first-order valence-electron chi connectivity index (χ1n) is 9.17. The highest BCUT2D eigenvalue weighted by atomic mass is 16.3. The number of carbonyl (C=O) groups is 1. The van der Waals surface area contributed by atoms with Gasteiger partial charge in [0.2, 0.25) is 5.91 Å². The molecule has 0 unspecified atom stereocenters. The van der Waals surface area contributed by atoms with Crippen LogP contribution in [0.25, 0.3) is 11.0 Å². The van der Waals surface area contributed by atoms with Crippen molar-refractivity contribution < 1.29 is 9.21 Å². The van der Waals surface area contributed by atoms with Crippen LogP contribution in [-0.4, -0.2) is 37.0 Å². The Bertz CT molecular complexity index is 922. The zero-order chi connectivity index (χ0) is 18.1. The van der Waals surface area contributed by atoms with E-state index in [1.807, 2.05) is 11.0 Å². The summed E-state index contributed by atoms with van der Waals surface area (Å²) in [6.45, 7) is 7.45. The molecule has 4 heteroatoms. The number of fused-ring (bicyclic) bond motifs is 1. The lowest BCUT2D eigenvalue weighted by Gasteiger charge is -2.36. The lowest BCUT2D eigenvalue weighted by atomic mass is 10.0. The molecule has 4 nitrogen and oxygen atoms in total. The fourth-order valence-electron chi connectivity index (χ4n) is 3.60. The van der Waals surface area contributed by atoms with Crippen LogP contribution in [0, 0.1) is 13.8 Å². The molecule has 4 rings (SSSR count). The summed E-state index contributed by atoms with van der Waals surface area (Å²) in [6.07, 6.45) is 2.14. The van der Waals surface area contributed by atoms with Gasteiger partial charge in [-0.1, -0.05) is 18.2 Å². The standard InChI is InChI=1S/C22H24N2O2/c1-16-12-20-18(15-26-21(20)13-17(16)2)14-22(25)24-10-8-23(9-11-24)19-6-4-3-5-7-19/h3-7,12-13,15H,8-11,14H2,1-2H3. The molecule has 2 heterocycles. The molecule has 3 aromatic rings. The Morgan fingerprint density at radius 3 is 2.42 bits per heavy atom. The smallest absolute Gasteiger partial charge is 0.227 e. The SMILES string of the molecule is Cc1cc2occ(CC(=O)N3CCN(c4ccccc4)CC3)c2cc1C. The number of nitrogens with zero attached hydrogens (tertiary/aromatic N) is 2. The zero-order valence-electron chi connectivity index (χ0n) is 15.4. The molecule has 0 N–H and O–H groups in total. The Morgan fingerprint density at radius 2 is 1.69 bits per heavy atom. The second-order valence-corrected chi connectivity index (χ2v) is 7.07. The molecule has 1 aliphatic heterocycles. The molecule has 1 amide bonds. The number of hydrogen-bond acceptors (Lipinski definition) is 3. The first-order chi connectivity index (χ1) is 12.6. The van der Waals surface area contributed by atoms with Crippen molar-refractivity contribution in [2.24, 2.45) is 0 Å². The summed E-state index contributed by atoms with van der Waals surface area (Å²) >= 11 is 0. The summed E-state index contributed by atoms with van der Waals surface area (Å²) in [7, 11) is 0. The van der Waals surface area contributed by atoms with Gasteiger partial charge in [-0.2, -0.15) is 0 Å². The van der Waals surface area contributed by atoms with Gasteiger partial charge in [0.05, 0.1) is 12.7 Å². The molecule has 0 saturated carbocycles. The van der Waals surface area contributed by atoms with E-state index in [9.17, 15) is 4.79 Å². The Kier molecular flexibility index (Phi) is 4.41. The van der Waals surface area contributed by atoms with E-state index in [1.165, 1.54) is 16.8 Å². The highest BCUT2D eigenvalue weighted by Gasteiger charge is 2.22. The predicted molar refractivity (Wildman–Crippen MR) is 105 cm³/mol. The number of furan rings is 1. The van der Waals surface area contributed by atoms with Crippen LogP contribution in [0.4, 0.5) is 5.69 Å². The van der Waals surface area contributed by atoms with Gasteiger partial charge in [-0.25, -0.2) is 0 Å². The summed E-state index contributed by atoms with van der Waals surface area (Å²) in [4.78, 5) is 17.1. The molecule has 26 heavy (non-hydrogen) atoms. The van der Waals surface area contributed by atoms with E-state index in [2.05, 4.69) is 55.1 Å². The molecular weight excluding hydrogens is 324 g/mol. The first kappa shape index (κ1) is 16.7. The summed E-state index contributed by atoms with van der Waals surface area (Å²) < 4.78 is 5.67. The van der Waals surface area contributed by atoms with E-state index in [-0.39, 0.29) is 5.91 Å². The molecule has 1 aliphatic rings. The van der Waals surface area contributed by atoms with Gasteiger partial charge in [-0.05, 0) is 49.2 Å².